The zero-order valence-electron chi connectivity index (χ0n) is 10.2. The first kappa shape index (κ1) is 12.6. The second kappa shape index (κ2) is 5.27. The molecule has 3 rings (SSSR count). The Kier molecular flexibility index (Phi) is 3.32. The third kappa shape index (κ3) is 2.33. The van der Waals surface area contributed by atoms with Crippen molar-refractivity contribution in [3.8, 4) is 6.07 Å². The molecular formula is C15H8FN3S. The van der Waals surface area contributed by atoms with Crippen molar-refractivity contribution in [3.05, 3.63) is 60.2 Å². The van der Waals surface area contributed by atoms with Crippen molar-refractivity contribution in [2.75, 3.05) is 0 Å². The minimum Gasteiger partial charge on any atom is -0.236 e. The fourth-order valence-corrected chi connectivity index (χ4v) is 2.70. The maximum atomic E-state index is 13.9. The molecule has 0 N–H and O–H groups in total. The van der Waals surface area contributed by atoms with Gasteiger partial charge in [-0.15, -0.1) is 0 Å². The second-order valence-electron chi connectivity index (χ2n) is 4.06. The zero-order valence-corrected chi connectivity index (χ0v) is 11.1. The summed E-state index contributed by atoms with van der Waals surface area (Å²) < 4.78 is 13.9. The minimum absolute atomic E-state index is 0.305. The third-order valence-electron chi connectivity index (χ3n) is 2.77. The Morgan fingerprint density at radius 3 is 2.75 bits per heavy atom. The second-order valence-corrected chi connectivity index (χ2v) is 5.09. The molecule has 3 aromatic rings. The van der Waals surface area contributed by atoms with Crippen LogP contribution in [0.25, 0.3) is 10.9 Å². The van der Waals surface area contributed by atoms with Crippen LogP contribution in [-0.4, -0.2) is 9.97 Å². The Labute approximate surface area is 119 Å². The number of fused-ring (bicyclic) bond motifs is 1. The number of para-hydroxylation sites is 1. The Bertz CT molecular complexity index is 821. The first-order chi connectivity index (χ1) is 9.78. The summed E-state index contributed by atoms with van der Waals surface area (Å²) in [5.74, 6) is -0.420. The number of hydrogen-bond donors (Lipinski definition) is 0. The summed E-state index contributed by atoms with van der Waals surface area (Å²) in [6.07, 6.45) is 1.46. The monoisotopic (exact) mass is 281 g/mol. The van der Waals surface area contributed by atoms with E-state index in [1.807, 2.05) is 30.3 Å². The van der Waals surface area contributed by atoms with Crippen LogP contribution in [0.4, 0.5) is 4.39 Å². The quantitative estimate of drug-likeness (QED) is 0.670. The number of nitrogens with zero attached hydrogens (tertiary/aromatic N) is 3. The van der Waals surface area contributed by atoms with Gasteiger partial charge in [-0.3, -0.25) is 0 Å². The van der Waals surface area contributed by atoms with E-state index in [9.17, 15) is 4.39 Å². The molecule has 0 saturated carbocycles. The lowest BCUT2D eigenvalue weighted by molar-refractivity contribution is 0.601. The van der Waals surface area contributed by atoms with Crippen LogP contribution in [0.2, 0.25) is 0 Å². The van der Waals surface area contributed by atoms with Crippen molar-refractivity contribution in [1.82, 2.24) is 9.97 Å². The predicted octanol–water partition coefficient (Wildman–Crippen LogP) is 3.79. The highest BCUT2D eigenvalue weighted by Gasteiger charge is 2.09. The standard InChI is InChI=1S/C15H8FN3S/c16-12-7-10(8-17)5-6-14(12)20-15-11-3-1-2-4-13(11)18-9-19-15/h1-7,9H. The summed E-state index contributed by atoms with van der Waals surface area (Å²) in [5.41, 5.74) is 1.12. The Balaban J connectivity index is 2.04. The fourth-order valence-electron chi connectivity index (χ4n) is 1.82. The van der Waals surface area contributed by atoms with E-state index in [0.29, 0.717) is 15.5 Å². The Morgan fingerprint density at radius 1 is 1.10 bits per heavy atom. The molecule has 20 heavy (non-hydrogen) atoms. The van der Waals surface area contributed by atoms with Gasteiger partial charge in [-0.2, -0.15) is 5.26 Å². The van der Waals surface area contributed by atoms with E-state index in [1.54, 1.807) is 12.1 Å². The van der Waals surface area contributed by atoms with Crippen molar-refractivity contribution < 1.29 is 4.39 Å². The molecule has 0 aliphatic carbocycles. The van der Waals surface area contributed by atoms with E-state index in [2.05, 4.69) is 9.97 Å². The lowest BCUT2D eigenvalue weighted by atomic mass is 10.2. The third-order valence-corrected chi connectivity index (χ3v) is 3.84. The molecule has 0 fully saturated rings. The van der Waals surface area contributed by atoms with Gasteiger partial charge in [0.25, 0.3) is 0 Å². The molecule has 0 radical (unpaired) electrons. The molecule has 0 amide bonds. The molecule has 0 aliphatic heterocycles. The van der Waals surface area contributed by atoms with Gasteiger partial charge < -0.3 is 0 Å². The largest absolute Gasteiger partial charge is 0.236 e. The maximum absolute atomic E-state index is 13.9. The summed E-state index contributed by atoms with van der Waals surface area (Å²) in [4.78, 5) is 8.82. The average molecular weight is 281 g/mol. The highest BCUT2D eigenvalue weighted by atomic mass is 32.2. The van der Waals surface area contributed by atoms with Gasteiger partial charge in [-0.05, 0) is 24.3 Å². The normalized spacial score (nSPS) is 10.4. The van der Waals surface area contributed by atoms with Crippen LogP contribution >= 0.6 is 11.8 Å². The van der Waals surface area contributed by atoms with Crippen molar-refractivity contribution in [3.63, 3.8) is 0 Å². The molecule has 1 aromatic heterocycles. The van der Waals surface area contributed by atoms with E-state index in [4.69, 9.17) is 5.26 Å². The van der Waals surface area contributed by atoms with Gasteiger partial charge in [0.1, 0.15) is 17.2 Å². The number of aromatic nitrogens is 2. The topological polar surface area (TPSA) is 49.6 Å². The van der Waals surface area contributed by atoms with Crippen LogP contribution in [0.3, 0.4) is 0 Å². The molecule has 0 aliphatic rings. The van der Waals surface area contributed by atoms with Gasteiger partial charge in [0.15, 0.2) is 0 Å². The highest BCUT2D eigenvalue weighted by molar-refractivity contribution is 7.99. The first-order valence-corrected chi connectivity index (χ1v) is 6.67. The van der Waals surface area contributed by atoms with E-state index < -0.39 is 5.82 Å². The molecule has 5 heteroatoms. The van der Waals surface area contributed by atoms with Crippen LogP contribution < -0.4 is 0 Å². The zero-order chi connectivity index (χ0) is 13.9. The van der Waals surface area contributed by atoms with Crippen LogP contribution in [-0.2, 0) is 0 Å². The van der Waals surface area contributed by atoms with Crippen LogP contribution in [0.15, 0.2) is 58.7 Å². The first-order valence-electron chi connectivity index (χ1n) is 5.85. The molecular weight excluding hydrogens is 273 g/mol. The minimum atomic E-state index is -0.420. The van der Waals surface area contributed by atoms with Crippen LogP contribution in [0.1, 0.15) is 5.56 Å². The summed E-state index contributed by atoms with van der Waals surface area (Å²) in [5, 5.41) is 10.3. The molecule has 0 saturated heterocycles. The summed E-state index contributed by atoms with van der Waals surface area (Å²) in [7, 11) is 0. The Morgan fingerprint density at radius 2 is 1.95 bits per heavy atom. The lowest BCUT2D eigenvalue weighted by Gasteiger charge is -2.05. The molecule has 0 unspecified atom stereocenters. The van der Waals surface area contributed by atoms with Gasteiger partial charge in [0.05, 0.1) is 17.1 Å². The van der Waals surface area contributed by atoms with Gasteiger partial charge in [0.2, 0.25) is 0 Å². The van der Waals surface area contributed by atoms with E-state index in [0.717, 1.165) is 10.9 Å². The van der Waals surface area contributed by atoms with E-state index >= 15 is 0 Å². The van der Waals surface area contributed by atoms with Crippen molar-refractivity contribution >= 4 is 22.7 Å². The van der Waals surface area contributed by atoms with Gasteiger partial charge in [-0.25, -0.2) is 14.4 Å². The van der Waals surface area contributed by atoms with Crippen LogP contribution in [0.5, 0.6) is 0 Å². The molecule has 0 bridgehead atoms. The smallest absolute Gasteiger partial charge is 0.138 e. The number of benzene rings is 2. The SMILES string of the molecule is N#Cc1ccc(Sc2ncnc3ccccc23)c(F)c1. The predicted molar refractivity (Wildman–Crippen MR) is 74.8 cm³/mol. The molecule has 2 aromatic carbocycles. The number of rotatable bonds is 2. The lowest BCUT2D eigenvalue weighted by Crippen LogP contribution is -1.88. The molecule has 0 atom stereocenters. The molecule has 3 nitrogen and oxygen atoms in total. The van der Waals surface area contributed by atoms with E-state index in [1.165, 1.54) is 24.2 Å². The number of halogens is 1. The number of nitriles is 1. The highest BCUT2D eigenvalue weighted by Crippen LogP contribution is 2.32. The summed E-state index contributed by atoms with van der Waals surface area (Å²) in [6.45, 7) is 0. The number of hydrogen-bond acceptors (Lipinski definition) is 4. The average Bonchev–Trinajstić information content (AvgIpc) is 2.49. The maximum Gasteiger partial charge on any atom is 0.138 e. The van der Waals surface area contributed by atoms with Gasteiger partial charge >= 0.3 is 0 Å². The van der Waals surface area contributed by atoms with Crippen LogP contribution in [0, 0.1) is 17.1 Å². The van der Waals surface area contributed by atoms with E-state index in [-0.39, 0.29) is 0 Å². The van der Waals surface area contributed by atoms with Crippen molar-refractivity contribution in [1.29, 1.82) is 5.26 Å². The summed E-state index contributed by atoms with van der Waals surface area (Å²) >= 11 is 1.23. The van der Waals surface area contributed by atoms with Gasteiger partial charge in [-0.1, -0.05) is 30.0 Å². The molecule has 0 spiro atoms. The molecule has 96 valence electrons. The fraction of sp³-hybridized carbons (Fsp3) is 0. The van der Waals surface area contributed by atoms with Crippen molar-refractivity contribution in [2.45, 2.75) is 9.92 Å². The van der Waals surface area contributed by atoms with Crippen molar-refractivity contribution in [2.24, 2.45) is 0 Å². The molecule has 1 heterocycles. The Hall–Kier alpha value is -2.45. The van der Waals surface area contributed by atoms with Gasteiger partial charge in [0, 0.05) is 10.3 Å². The summed E-state index contributed by atoms with van der Waals surface area (Å²) in [6, 6.07) is 13.9.